The fraction of sp³-hybridized carbons (Fsp3) is 0.111. The molecule has 2 rings (SSSR count). The van der Waals surface area contributed by atoms with Crippen LogP contribution in [0.5, 0.6) is 0 Å². The first kappa shape index (κ1) is 9.03. The van der Waals surface area contributed by atoms with Crippen molar-refractivity contribution in [3.8, 4) is 11.8 Å². The van der Waals surface area contributed by atoms with Gasteiger partial charge in [0.1, 0.15) is 17.8 Å². The number of aromatic nitrogens is 3. The molecule has 70 valence electrons. The molecule has 0 fully saturated rings. The molecule has 2 aromatic rings. The molecule has 0 amide bonds. The molecule has 0 saturated heterocycles. The van der Waals surface area contributed by atoms with E-state index in [0.29, 0.717) is 11.1 Å². The summed E-state index contributed by atoms with van der Waals surface area (Å²) in [5.74, 6) is 6.33. The molecule has 0 unspecified atom stereocenters. The van der Waals surface area contributed by atoms with Gasteiger partial charge in [-0.2, -0.15) is 0 Å². The molecule has 0 bridgehead atoms. The van der Waals surface area contributed by atoms with Gasteiger partial charge in [-0.25, -0.2) is 9.97 Å². The quantitative estimate of drug-likeness (QED) is 0.547. The zero-order valence-electron chi connectivity index (χ0n) is 7.21. The molecule has 0 radical (unpaired) electrons. The van der Waals surface area contributed by atoms with Gasteiger partial charge in [0.05, 0.1) is 16.3 Å². The summed E-state index contributed by atoms with van der Waals surface area (Å²) in [5, 5.41) is 1.42. The maximum absolute atomic E-state index is 5.72. The third-order valence-corrected chi connectivity index (χ3v) is 2.07. The van der Waals surface area contributed by atoms with Crippen LogP contribution in [0.1, 0.15) is 5.56 Å². The molecule has 0 aliphatic rings. The van der Waals surface area contributed by atoms with Gasteiger partial charge in [0, 0.05) is 6.20 Å². The third-order valence-electron chi connectivity index (χ3n) is 1.79. The highest BCUT2D eigenvalue weighted by molar-refractivity contribution is 9.09. The summed E-state index contributed by atoms with van der Waals surface area (Å²) < 4.78 is 0. The summed E-state index contributed by atoms with van der Waals surface area (Å²) in [7, 11) is 0. The van der Waals surface area contributed by atoms with Crippen LogP contribution in [0.4, 0.5) is 5.82 Å². The molecule has 0 aromatic carbocycles. The predicted octanol–water partition coefficient (Wildman–Crippen LogP) is 1.29. The van der Waals surface area contributed by atoms with Crippen LogP contribution in [0.2, 0.25) is 0 Å². The molecular formula is C9H7BrN4. The van der Waals surface area contributed by atoms with Crippen molar-refractivity contribution >= 4 is 32.8 Å². The number of fused-ring (bicyclic) bond motifs is 1. The van der Waals surface area contributed by atoms with Crippen LogP contribution in [-0.4, -0.2) is 20.3 Å². The summed E-state index contributed by atoms with van der Waals surface area (Å²) in [4.78, 5) is 10.9. The molecule has 4 nitrogen and oxygen atoms in total. The van der Waals surface area contributed by atoms with Gasteiger partial charge >= 0.3 is 0 Å². The van der Waals surface area contributed by atoms with Crippen LogP contribution in [0.25, 0.3) is 11.0 Å². The Bertz CT molecular complexity index is 520. The molecule has 3 N–H and O–H groups in total. The maximum atomic E-state index is 5.72. The summed E-state index contributed by atoms with van der Waals surface area (Å²) >= 11 is 3.23. The van der Waals surface area contributed by atoms with Crippen LogP contribution < -0.4 is 5.73 Å². The molecule has 5 heteroatoms. The SMILES string of the molecule is Nc1ncnc2[nH]cc(C#CCBr)c12. The number of hydrogen-bond donors (Lipinski definition) is 2. The van der Waals surface area contributed by atoms with E-state index in [9.17, 15) is 0 Å². The van der Waals surface area contributed by atoms with Crippen molar-refractivity contribution in [3.63, 3.8) is 0 Å². The summed E-state index contributed by atoms with van der Waals surface area (Å²) in [6.07, 6.45) is 3.21. The Labute approximate surface area is 89.1 Å². The number of rotatable bonds is 0. The molecule has 0 aliphatic carbocycles. The lowest BCUT2D eigenvalue weighted by Gasteiger charge is -1.93. The number of halogens is 1. The lowest BCUT2D eigenvalue weighted by molar-refractivity contribution is 1.21. The monoisotopic (exact) mass is 250 g/mol. The fourth-order valence-corrected chi connectivity index (χ4v) is 1.35. The number of H-pyrrole nitrogens is 1. The largest absolute Gasteiger partial charge is 0.383 e. The lowest BCUT2D eigenvalue weighted by Crippen LogP contribution is -1.92. The molecule has 0 atom stereocenters. The number of nitrogen functional groups attached to an aromatic ring is 1. The molecular weight excluding hydrogens is 244 g/mol. The Balaban J connectivity index is 2.67. The van der Waals surface area contributed by atoms with Crippen molar-refractivity contribution < 1.29 is 0 Å². The summed E-state index contributed by atoms with van der Waals surface area (Å²) in [6, 6.07) is 0. The van der Waals surface area contributed by atoms with Gasteiger partial charge in [-0.05, 0) is 0 Å². The minimum absolute atomic E-state index is 0.454. The second-order valence-electron chi connectivity index (χ2n) is 2.62. The average Bonchev–Trinajstić information content (AvgIpc) is 2.59. The smallest absolute Gasteiger partial charge is 0.144 e. The average molecular weight is 251 g/mol. The highest BCUT2D eigenvalue weighted by Gasteiger charge is 2.05. The van der Waals surface area contributed by atoms with E-state index in [0.717, 1.165) is 16.6 Å². The van der Waals surface area contributed by atoms with E-state index in [1.54, 1.807) is 6.20 Å². The van der Waals surface area contributed by atoms with E-state index < -0.39 is 0 Å². The number of nitrogens with one attached hydrogen (secondary N) is 1. The van der Waals surface area contributed by atoms with E-state index in [4.69, 9.17) is 5.73 Å². The number of nitrogens with zero attached hydrogens (tertiary/aromatic N) is 2. The summed E-state index contributed by atoms with van der Waals surface area (Å²) in [6.45, 7) is 0. The lowest BCUT2D eigenvalue weighted by atomic mass is 10.2. The van der Waals surface area contributed by atoms with Crippen molar-refractivity contribution in [2.75, 3.05) is 11.1 Å². The Hall–Kier alpha value is -1.54. The first-order chi connectivity index (χ1) is 6.83. The van der Waals surface area contributed by atoms with E-state index in [2.05, 4.69) is 42.7 Å². The van der Waals surface area contributed by atoms with Crippen molar-refractivity contribution in [1.29, 1.82) is 0 Å². The molecule has 2 aromatic heterocycles. The van der Waals surface area contributed by atoms with Crippen molar-refractivity contribution in [1.82, 2.24) is 15.0 Å². The fourth-order valence-electron chi connectivity index (χ4n) is 1.21. The minimum atomic E-state index is 0.454. The highest BCUT2D eigenvalue weighted by atomic mass is 79.9. The number of anilines is 1. The van der Waals surface area contributed by atoms with Crippen LogP contribution in [-0.2, 0) is 0 Å². The zero-order chi connectivity index (χ0) is 9.97. The van der Waals surface area contributed by atoms with Crippen molar-refractivity contribution in [2.24, 2.45) is 0 Å². The summed E-state index contributed by atoms with van der Waals surface area (Å²) in [5.41, 5.74) is 7.27. The highest BCUT2D eigenvalue weighted by Crippen LogP contribution is 2.19. The zero-order valence-corrected chi connectivity index (χ0v) is 8.80. The van der Waals surface area contributed by atoms with Gasteiger partial charge in [-0.15, -0.1) is 0 Å². The molecule has 0 aliphatic heterocycles. The second-order valence-corrected chi connectivity index (χ2v) is 3.18. The van der Waals surface area contributed by atoms with Crippen LogP contribution in [0, 0.1) is 11.8 Å². The predicted molar refractivity (Wildman–Crippen MR) is 59.0 cm³/mol. The van der Waals surface area contributed by atoms with Gasteiger partial charge in [0.2, 0.25) is 0 Å². The number of alkyl halides is 1. The van der Waals surface area contributed by atoms with Crippen LogP contribution in [0.3, 0.4) is 0 Å². The van der Waals surface area contributed by atoms with Crippen LogP contribution in [0.15, 0.2) is 12.5 Å². The second kappa shape index (κ2) is 3.68. The van der Waals surface area contributed by atoms with E-state index >= 15 is 0 Å². The van der Waals surface area contributed by atoms with Gasteiger partial charge in [0.15, 0.2) is 0 Å². The van der Waals surface area contributed by atoms with Gasteiger partial charge in [0.25, 0.3) is 0 Å². The first-order valence-corrected chi connectivity index (χ1v) is 5.07. The Morgan fingerprint density at radius 2 is 2.36 bits per heavy atom. The van der Waals surface area contributed by atoms with Crippen molar-refractivity contribution in [3.05, 3.63) is 18.1 Å². The molecule has 2 heterocycles. The van der Waals surface area contributed by atoms with Crippen molar-refractivity contribution in [2.45, 2.75) is 0 Å². The normalized spacial score (nSPS) is 9.79. The van der Waals surface area contributed by atoms with Gasteiger partial charge < -0.3 is 10.7 Å². The van der Waals surface area contributed by atoms with E-state index in [1.165, 1.54) is 6.33 Å². The topological polar surface area (TPSA) is 67.6 Å². The van der Waals surface area contributed by atoms with Gasteiger partial charge in [-0.1, -0.05) is 27.8 Å². The number of aromatic amines is 1. The minimum Gasteiger partial charge on any atom is -0.383 e. The Kier molecular flexibility index (Phi) is 2.37. The molecule has 0 saturated carbocycles. The maximum Gasteiger partial charge on any atom is 0.144 e. The van der Waals surface area contributed by atoms with Crippen LogP contribution >= 0.6 is 15.9 Å². The third kappa shape index (κ3) is 1.44. The molecule has 0 spiro atoms. The van der Waals surface area contributed by atoms with E-state index in [1.807, 2.05) is 0 Å². The number of hydrogen-bond acceptors (Lipinski definition) is 3. The Morgan fingerprint density at radius 1 is 1.50 bits per heavy atom. The molecule has 14 heavy (non-hydrogen) atoms. The number of nitrogens with two attached hydrogens (primary N) is 1. The Morgan fingerprint density at radius 3 is 3.14 bits per heavy atom. The standard InChI is InChI=1S/C9H7BrN4/c10-3-1-2-6-4-12-9-7(6)8(11)13-5-14-9/h4-5H,3H2,(H3,11,12,13,14). The van der Waals surface area contributed by atoms with E-state index in [-0.39, 0.29) is 0 Å². The van der Waals surface area contributed by atoms with Gasteiger partial charge in [-0.3, -0.25) is 0 Å². The first-order valence-electron chi connectivity index (χ1n) is 3.95.